The number of hydrogen-bond donors (Lipinski definition) is 2. The molecule has 0 saturated carbocycles. The van der Waals surface area contributed by atoms with Crippen LogP contribution in [0.4, 0.5) is 17.1 Å². The maximum atomic E-state index is 12.8. The number of hydrogen-bond acceptors (Lipinski definition) is 8. The Labute approximate surface area is 221 Å². The Morgan fingerprint density at radius 1 is 1.14 bits per heavy atom. The molecule has 1 amide bonds. The van der Waals surface area contributed by atoms with Crippen LogP contribution in [0.2, 0.25) is 5.02 Å². The second-order valence-corrected chi connectivity index (χ2v) is 9.27. The van der Waals surface area contributed by atoms with E-state index in [1.54, 1.807) is 48.7 Å². The molecule has 188 valence electrons. The average molecular weight is 537 g/mol. The number of anilines is 2. The molecule has 2 aromatic carbocycles. The largest absolute Gasteiger partial charge is 0.434 e. The average Bonchev–Trinajstić information content (AvgIpc) is 3.34. The molecule has 0 bridgehead atoms. The minimum atomic E-state index is -0.580. The lowest BCUT2D eigenvalue weighted by molar-refractivity contribution is -0.384. The molecule has 0 unspecified atom stereocenters. The highest BCUT2D eigenvalue weighted by atomic mass is 35.5. The number of nitrogens with zero attached hydrogens (tertiary/aromatic N) is 4. The molecule has 2 N–H and O–H groups in total. The smallest absolute Gasteiger partial charge is 0.293 e. The molecule has 12 heteroatoms. The van der Waals surface area contributed by atoms with Crippen LogP contribution in [-0.2, 0) is 0 Å². The molecule has 1 fully saturated rings. The number of thiocarbonyl (C=S) groups is 1. The Bertz CT molecular complexity index is 1490. The number of carbonyl (C=O) groups excluding carboxylic acids is 1. The Kier molecular flexibility index (Phi) is 6.97. The standard InChI is InChI=1S/C25H21ClN6O4S/c26-17-8-6-16(24-29-22-21(36-24)5-4-10-27-22)13-18(17)28-25(37)30-23(33)15-7-9-19(20(14-15)32(34)35)31-11-2-1-3-12-31/h4-10,13-14H,1-3,11-12H2,(H2,28,30,33,37). The zero-order valence-electron chi connectivity index (χ0n) is 19.4. The van der Waals surface area contributed by atoms with Gasteiger partial charge >= 0.3 is 0 Å². The van der Waals surface area contributed by atoms with Gasteiger partial charge in [0.2, 0.25) is 5.89 Å². The first-order chi connectivity index (χ1) is 17.9. The number of carbonyl (C=O) groups is 1. The number of piperidine rings is 1. The summed E-state index contributed by atoms with van der Waals surface area (Å²) < 4.78 is 5.75. The predicted octanol–water partition coefficient (Wildman–Crippen LogP) is 5.57. The minimum absolute atomic E-state index is 0.0222. The fourth-order valence-electron chi connectivity index (χ4n) is 4.19. The van der Waals surface area contributed by atoms with E-state index in [4.69, 9.17) is 28.2 Å². The highest BCUT2D eigenvalue weighted by Gasteiger charge is 2.23. The number of fused-ring (bicyclic) bond motifs is 1. The molecule has 3 heterocycles. The van der Waals surface area contributed by atoms with Crippen molar-refractivity contribution in [3.8, 4) is 11.5 Å². The zero-order valence-corrected chi connectivity index (χ0v) is 21.0. The van der Waals surface area contributed by atoms with Crippen molar-refractivity contribution in [2.45, 2.75) is 19.3 Å². The number of rotatable bonds is 5. The van der Waals surface area contributed by atoms with Crippen LogP contribution in [-0.4, -0.2) is 39.0 Å². The summed E-state index contributed by atoms with van der Waals surface area (Å²) in [7, 11) is 0. The Hall–Kier alpha value is -4.09. The minimum Gasteiger partial charge on any atom is -0.434 e. The Balaban J connectivity index is 1.31. The van der Waals surface area contributed by atoms with Gasteiger partial charge in [0.15, 0.2) is 16.3 Å². The summed E-state index contributed by atoms with van der Waals surface area (Å²) in [6.07, 6.45) is 4.69. The van der Waals surface area contributed by atoms with Crippen LogP contribution in [0.1, 0.15) is 29.6 Å². The first-order valence-corrected chi connectivity index (χ1v) is 12.3. The first kappa shape index (κ1) is 24.6. The van der Waals surface area contributed by atoms with Gasteiger partial charge in [0.05, 0.1) is 15.6 Å². The number of oxazole rings is 1. The molecule has 4 aromatic rings. The van der Waals surface area contributed by atoms with Gasteiger partial charge in [-0.25, -0.2) is 4.98 Å². The van der Waals surface area contributed by atoms with E-state index >= 15 is 0 Å². The van der Waals surface area contributed by atoms with E-state index in [2.05, 4.69) is 20.6 Å². The molecule has 1 aliphatic heterocycles. The fourth-order valence-corrected chi connectivity index (χ4v) is 4.56. The van der Waals surface area contributed by atoms with E-state index in [1.165, 1.54) is 6.07 Å². The highest BCUT2D eigenvalue weighted by Crippen LogP contribution is 2.32. The van der Waals surface area contributed by atoms with Crippen molar-refractivity contribution in [1.82, 2.24) is 15.3 Å². The summed E-state index contributed by atoms with van der Waals surface area (Å²) in [5, 5.41) is 17.5. The van der Waals surface area contributed by atoms with Gasteiger partial charge in [0.1, 0.15) is 5.69 Å². The summed E-state index contributed by atoms with van der Waals surface area (Å²) >= 11 is 11.6. The van der Waals surface area contributed by atoms with Crippen LogP contribution in [0, 0.1) is 10.1 Å². The van der Waals surface area contributed by atoms with E-state index in [0.717, 1.165) is 32.4 Å². The SMILES string of the molecule is O=C(NC(=S)Nc1cc(-c2nc3ncccc3o2)ccc1Cl)c1ccc(N2CCCCC2)c([N+](=O)[O-])c1. The lowest BCUT2D eigenvalue weighted by Crippen LogP contribution is -2.34. The molecule has 5 rings (SSSR count). The van der Waals surface area contributed by atoms with Gasteiger partial charge < -0.3 is 14.6 Å². The summed E-state index contributed by atoms with van der Waals surface area (Å²) in [4.78, 5) is 34.6. The molecular weight excluding hydrogens is 516 g/mol. The monoisotopic (exact) mass is 536 g/mol. The topological polar surface area (TPSA) is 126 Å². The highest BCUT2D eigenvalue weighted by molar-refractivity contribution is 7.80. The number of pyridine rings is 1. The van der Waals surface area contributed by atoms with Gasteiger partial charge in [-0.3, -0.25) is 20.2 Å². The number of amides is 1. The fraction of sp³-hybridized carbons (Fsp3) is 0.200. The van der Waals surface area contributed by atoms with Gasteiger partial charge in [0.25, 0.3) is 11.6 Å². The molecule has 10 nitrogen and oxygen atoms in total. The van der Waals surface area contributed by atoms with Crippen molar-refractivity contribution in [3.05, 3.63) is 75.4 Å². The maximum Gasteiger partial charge on any atom is 0.293 e. The van der Waals surface area contributed by atoms with Crippen molar-refractivity contribution in [3.63, 3.8) is 0 Å². The Morgan fingerprint density at radius 2 is 1.95 bits per heavy atom. The third-order valence-electron chi connectivity index (χ3n) is 5.98. The second-order valence-electron chi connectivity index (χ2n) is 8.46. The molecular formula is C25H21ClN6O4S. The van der Waals surface area contributed by atoms with Crippen molar-refractivity contribution in [2.24, 2.45) is 0 Å². The molecule has 37 heavy (non-hydrogen) atoms. The summed E-state index contributed by atoms with van der Waals surface area (Å²) in [6.45, 7) is 1.50. The Morgan fingerprint density at radius 3 is 2.70 bits per heavy atom. The van der Waals surface area contributed by atoms with Crippen molar-refractivity contribution < 1.29 is 14.1 Å². The summed E-state index contributed by atoms with van der Waals surface area (Å²) in [5.41, 5.74) is 2.59. The van der Waals surface area contributed by atoms with Crippen LogP contribution in [0.3, 0.4) is 0 Å². The van der Waals surface area contributed by atoms with Gasteiger partial charge in [-0.2, -0.15) is 4.98 Å². The normalized spacial score (nSPS) is 13.4. The van der Waals surface area contributed by atoms with E-state index in [1.807, 2.05) is 4.90 Å². The number of aromatic nitrogens is 2. The van der Waals surface area contributed by atoms with Crippen molar-refractivity contribution >= 4 is 63.1 Å². The number of halogens is 1. The molecule has 0 spiro atoms. The molecule has 0 atom stereocenters. The maximum absolute atomic E-state index is 12.8. The van der Waals surface area contributed by atoms with Crippen LogP contribution >= 0.6 is 23.8 Å². The molecule has 0 radical (unpaired) electrons. The van der Waals surface area contributed by atoms with Gasteiger partial charge in [-0.05, 0) is 73.9 Å². The number of benzene rings is 2. The zero-order chi connectivity index (χ0) is 25.9. The first-order valence-electron chi connectivity index (χ1n) is 11.6. The molecule has 0 aliphatic carbocycles. The second kappa shape index (κ2) is 10.5. The summed E-state index contributed by atoms with van der Waals surface area (Å²) in [5.74, 6) is -0.229. The lowest BCUT2D eigenvalue weighted by atomic mass is 10.1. The third kappa shape index (κ3) is 5.37. The van der Waals surface area contributed by atoms with Crippen LogP contribution in [0.15, 0.2) is 59.1 Å². The quantitative estimate of drug-likeness (QED) is 0.191. The van der Waals surface area contributed by atoms with Crippen molar-refractivity contribution in [1.29, 1.82) is 0 Å². The number of nitro groups is 1. The van der Waals surface area contributed by atoms with Gasteiger partial charge in [-0.15, -0.1) is 0 Å². The predicted molar refractivity (Wildman–Crippen MR) is 145 cm³/mol. The van der Waals surface area contributed by atoms with Crippen LogP contribution in [0.5, 0.6) is 0 Å². The molecule has 2 aromatic heterocycles. The molecule has 1 aliphatic rings. The van der Waals surface area contributed by atoms with Gasteiger partial charge in [0, 0.05) is 36.5 Å². The molecule has 1 saturated heterocycles. The lowest BCUT2D eigenvalue weighted by Gasteiger charge is -2.28. The summed E-state index contributed by atoms with van der Waals surface area (Å²) in [6, 6.07) is 13.0. The van der Waals surface area contributed by atoms with E-state index in [0.29, 0.717) is 39.1 Å². The number of nitro benzene ring substituents is 1. The number of nitrogens with one attached hydrogen (secondary N) is 2. The van der Waals surface area contributed by atoms with Crippen LogP contribution in [0.25, 0.3) is 22.7 Å². The third-order valence-corrected chi connectivity index (χ3v) is 6.52. The van der Waals surface area contributed by atoms with Gasteiger partial charge in [-0.1, -0.05) is 11.6 Å². The van der Waals surface area contributed by atoms with E-state index < -0.39 is 10.8 Å². The van der Waals surface area contributed by atoms with Crippen molar-refractivity contribution in [2.75, 3.05) is 23.3 Å². The van der Waals surface area contributed by atoms with E-state index in [9.17, 15) is 14.9 Å². The van der Waals surface area contributed by atoms with Crippen LogP contribution < -0.4 is 15.5 Å². The van der Waals surface area contributed by atoms with E-state index in [-0.39, 0.29) is 16.4 Å².